The predicted octanol–water partition coefficient (Wildman–Crippen LogP) is 1.43. The Morgan fingerprint density at radius 2 is 2.10 bits per heavy atom. The van der Waals surface area contributed by atoms with E-state index in [1.54, 1.807) is 0 Å². The van der Waals surface area contributed by atoms with Gasteiger partial charge >= 0.3 is 5.97 Å². The van der Waals surface area contributed by atoms with Crippen molar-refractivity contribution in [2.45, 2.75) is 51.2 Å². The first kappa shape index (κ1) is 15.7. The van der Waals surface area contributed by atoms with Crippen molar-refractivity contribution in [3.8, 4) is 0 Å². The zero-order chi connectivity index (χ0) is 14.6. The van der Waals surface area contributed by atoms with Gasteiger partial charge in [0.2, 0.25) is 0 Å². The molecule has 1 N–H and O–H groups in total. The van der Waals surface area contributed by atoms with Gasteiger partial charge < -0.3 is 14.7 Å². The number of aliphatic carboxylic acids is 1. The van der Waals surface area contributed by atoms with Crippen molar-refractivity contribution in [1.82, 2.24) is 9.80 Å². The van der Waals surface area contributed by atoms with Crippen LogP contribution in [0.3, 0.4) is 0 Å². The zero-order valence-corrected chi connectivity index (χ0v) is 12.8. The van der Waals surface area contributed by atoms with Crippen molar-refractivity contribution in [3.63, 3.8) is 0 Å². The summed E-state index contributed by atoms with van der Waals surface area (Å²) in [6.45, 7) is 9.46. The molecule has 116 valence electrons. The molecule has 0 radical (unpaired) electrons. The van der Waals surface area contributed by atoms with Crippen LogP contribution in [0.5, 0.6) is 0 Å². The van der Waals surface area contributed by atoms with Crippen LogP contribution in [-0.4, -0.2) is 71.8 Å². The van der Waals surface area contributed by atoms with Crippen LogP contribution in [0.4, 0.5) is 0 Å². The van der Waals surface area contributed by atoms with Crippen molar-refractivity contribution in [2.75, 3.05) is 39.3 Å². The highest BCUT2D eigenvalue weighted by atomic mass is 16.5. The fraction of sp³-hybridized carbons (Fsp3) is 0.933. The fourth-order valence-corrected chi connectivity index (χ4v) is 3.44. The minimum Gasteiger partial charge on any atom is -0.480 e. The van der Waals surface area contributed by atoms with Gasteiger partial charge in [0, 0.05) is 19.1 Å². The van der Waals surface area contributed by atoms with Crippen molar-refractivity contribution < 1.29 is 14.6 Å². The number of nitrogens with zero attached hydrogens (tertiary/aromatic N) is 2. The monoisotopic (exact) mass is 284 g/mol. The molecule has 2 rings (SSSR count). The van der Waals surface area contributed by atoms with Gasteiger partial charge in [0.1, 0.15) is 6.61 Å². The van der Waals surface area contributed by atoms with Gasteiger partial charge in [-0.15, -0.1) is 0 Å². The van der Waals surface area contributed by atoms with E-state index in [1.807, 2.05) is 6.92 Å². The predicted molar refractivity (Wildman–Crippen MR) is 77.9 cm³/mol. The molecule has 0 spiro atoms. The summed E-state index contributed by atoms with van der Waals surface area (Å²) in [5.41, 5.74) is -0.256. The summed E-state index contributed by atoms with van der Waals surface area (Å²) in [6.07, 6.45) is 4.99. The van der Waals surface area contributed by atoms with Crippen molar-refractivity contribution in [1.29, 1.82) is 0 Å². The second kappa shape index (κ2) is 6.87. The van der Waals surface area contributed by atoms with E-state index in [9.17, 15) is 4.79 Å². The Balaban J connectivity index is 1.73. The maximum atomic E-state index is 10.6. The van der Waals surface area contributed by atoms with E-state index in [0.717, 1.165) is 13.1 Å². The van der Waals surface area contributed by atoms with Crippen LogP contribution in [0, 0.1) is 0 Å². The Kier molecular flexibility index (Phi) is 5.41. The topological polar surface area (TPSA) is 53.0 Å². The Morgan fingerprint density at radius 3 is 2.75 bits per heavy atom. The first-order valence-electron chi connectivity index (χ1n) is 7.84. The van der Waals surface area contributed by atoms with Gasteiger partial charge in [-0.2, -0.15) is 0 Å². The molecule has 0 aromatic heterocycles. The van der Waals surface area contributed by atoms with E-state index < -0.39 is 5.97 Å². The van der Waals surface area contributed by atoms with E-state index in [-0.39, 0.29) is 12.2 Å². The second-order valence-corrected chi connectivity index (χ2v) is 6.46. The van der Waals surface area contributed by atoms with Gasteiger partial charge in [0.15, 0.2) is 0 Å². The quantitative estimate of drug-likeness (QED) is 0.799. The lowest BCUT2D eigenvalue weighted by Crippen LogP contribution is -2.64. The highest BCUT2D eigenvalue weighted by Gasteiger charge is 2.43. The van der Waals surface area contributed by atoms with E-state index in [2.05, 4.69) is 16.7 Å². The number of carbonyl (C=O) groups is 1. The van der Waals surface area contributed by atoms with Gasteiger partial charge in [-0.1, -0.05) is 6.92 Å². The van der Waals surface area contributed by atoms with Gasteiger partial charge in [0.05, 0.1) is 5.60 Å². The van der Waals surface area contributed by atoms with E-state index in [0.29, 0.717) is 6.04 Å². The molecule has 5 heteroatoms. The Hall–Kier alpha value is -0.650. The molecule has 20 heavy (non-hydrogen) atoms. The summed E-state index contributed by atoms with van der Waals surface area (Å²) in [5.74, 6) is -0.880. The molecule has 0 aliphatic carbocycles. The Morgan fingerprint density at radius 1 is 1.35 bits per heavy atom. The van der Waals surface area contributed by atoms with E-state index in [4.69, 9.17) is 9.84 Å². The third-order valence-electron chi connectivity index (χ3n) is 4.47. The molecule has 2 aliphatic heterocycles. The van der Waals surface area contributed by atoms with Crippen molar-refractivity contribution in [3.05, 3.63) is 0 Å². The molecule has 0 saturated carbocycles. The van der Waals surface area contributed by atoms with Gasteiger partial charge in [0.25, 0.3) is 0 Å². The summed E-state index contributed by atoms with van der Waals surface area (Å²) in [6, 6.07) is 0.651. The lowest BCUT2D eigenvalue weighted by Gasteiger charge is -2.51. The summed E-state index contributed by atoms with van der Waals surface area (Å²) < 4.78 is 5.49. The number of hydrogen-bond acceptors (Lipinski definition) is 4. The first-order valence-corrected chi connectivity index (χ1v) is 7.84. The summed E-state index contributed by atoms with van der Waals surface area (Å²) in [5, 5.41) is 8.68. The molecule has 0 amide bonds. The molecule has 0 aromatic rings. The summed E-state index contributed by atoms with van der Waals surface area (Å²) in [7, 11) is 0. The second-order valence-electron chi connectivity index (χ2n) is 6.46. The van der Waals surface area contributed by atoms with Crippen LogP contribution in [0.25, 0.3) is 0 Å². The number of ether oxygens (including phenoxy) is 1. The third kappa shape index (κ3) is 4.17. The third-order valence-corrected chi connectivity index (χ3v) is 4.47. The summed E-state index contributed by atoms with van der Waals surface area (Å²) >= 11 is 0. The molecule has 0 aromatic carbocycles. The Labute approximate surface area is 121 Å². The molecule has 1 unspecified atom stereocenters. The number of hydrogen-bond donors (Lipinski definition) is 1. The Bertz CT molecular complexity index is 329. The molecular weight excluding hydrogens is 256 g/mol. The van der Waals surface area contributed by atoms with Gasteiger partial charge in [-0.05, 0) is 52.2 Å². The fourth-order valence-electron chi connectivity index (χ4n) is 3.44. The summed E-state index contributed by atoms with van der Waals surface area (Å²) in [4.78, 5) is 15.6. The molecule has 2 heterocycles. The minimum absolute atomic E-state index is 0.181. The SMILES string of the molecule is CCCN1CCCC(N2CC(C)(OCC(=O)O)C2)CC1. The van der Waals surface area contributed by atoms with Crippen LogP contribution >= 0.6 is 0 Å². The van der Waals surface area contributed by atoms with E-state index >= 15 is 0 Å². The highest BCUT2D eigenvalue weighted by molar-refractivity contribution is 5.68. The number of carboxylic acid groups (broad SMARTS) is 1. The van der Waals surface area contributed by atoms with Crippen molar-refractivity contribution >= 4 is 5.97 Å². The molecule has 2 aliphatic rings. The zero-order valence-electron chi connectivity index (χ0n) is 12.8. The van der Waals surface area contributed by atoms with Crippen LogP contribution < -0.4 is 0 Å². The molecule has 0 bridgehead atoms. The average Bonchev–Trinajstić information content (AvgIpc) is 2.59. The molecule has 2 saturated heterocycles. The molecule has 5 nitrogen and oxygen atoms in total. The lowest BCUT2D eigenvalue weighted by molar-refractivity contribution is -0.170. The number of likely N-dealkylation sites (tertiary alicyclic amines) is 2. The van der Waals surface area contributed by atoms with Gasteiger partial charge in [-0.3, -0.25) is 4.90 Å². The maximum absolute atomic E-state index is 10.6. The van der Waals surface area contributed by atoms with Crippen LogP contribution in [-0.2, 0) is 9.53 Å². The van der Waals surface area contributed by atoms with Crippen LogP contribution in [0.2, 0.25) is 0 Å². The molecular formula is C15H28N2O3. The molecule has 1 atom stereocenters. The number of rotatable bonds is 6. The highest BCUT2D eigenvalue weighted by Crippen LogP contribution is 2.30. The van der Waals surface area contributed by atoms with Crippen LogP contribution in [0.1, 0.15) is 39.5 Å². The largest absolute Gasteiger partial charge is 0.480 e. The average molecular weight is 284 g/mol. The van der Waals surface area contributed by atoms with Gasteiger partial charge in [-0.25, -0.2) is 4.79 Å². The minimum atomic E-state index is -0.880. The smallest absolute Gasteiger partial charge is 0.329 e. The standard InChI is InChI=1S/C15H28N2O3/c1-3-7-16-8-4-5-13(6-9-16)17-11-15(2,12-17)20-10-14(18)19/h13H,3-12H2,1-2H3,(H,18,19). The normalized spacial score (nSPS) is 27.8. The number of carboxylic acids is 1. The molecule has 2 fully saturated rings. The maximum Gasteiger partial charge on any atom is 0.329 e. The van der Waals surface area contributed by atoms with E-state index in [1.165, 1.54) is 45.3 Å². The van der Waals surface area contributed by atoms with Crippen LogP contribution in [0.15, 0.2) is 0 Å². The first-order chi connectivity index (χ1) is 9.52. The lowest BCUT2D eigenvalue weighted by atomic mass is 9.92. The van der Waals surface area contributed by atoms with Crippen molar-refractivity contribution in [2.24, 2.45) is 0 Å².